The molecule has 0 bridgehead atoms. The van der Waals surface area contributed by atoms with Gasteiger partial charge in [-0.1, -0.05) is 43.5 Å². The van der Waals surface area contributed by atoms with E-state index in [-0.39, 0.29) is 11.8 Å². The number of amides is 1. The van der Waals surface area contributed by atoms with E-state index in [4.69, 9.17) is 0 Å². The van der Waals surface area contributed by atoms with Gasteiger partial charge in [0.25, 0.3) is 0 Å². The molecule has 1 amide bonds. The molecule has 1 saturated carbocycles. The second-order valence-electron chi connectivity index (χ2n) is 8.25. The first-order chi connectivity index (χ1) is 13.3. The third-order valence-electron chi connectivity index (χ3n) is 6.14. The van der Waals surface area contributed by atoms with Gasteiger partial charge in [0.05, 0.1) is 0 Å². The van der Waals surface area contributed by atoms with E-state index in [1.54, 1.807) is 0 Å². The summed E-state index contributed by atoms with van der Waals surface area (Å²) in [6.45, 7) is 3.97. The van der Waals surface area contributed by atoms with Gasteiger partial charge in [-0.3, -0.25) is 4.79 Å². The van der Waals surface area contributed by atoms with Crippen molar-refractivity contribution < 1.29 is 4.79 Å². The number of fused-ring (bicyclic) bond motifs is 1. The summed E-state index contributed by atoms with van der Waals surface area (Å²) in [5.41, 5.74) is 2.78. The molecular weight excluding hydrogens is 334 g/mol. The number of aryl methyl sites for hydroxylation is 1. The van der Waals surface area contributed by atoms with E-state index >= 15 is 0 Å². The van der Waals surface area contributed by atoms with Crippen LogP contribution in [-0.2, 0) is 17.6 Å². The van der Waals surface area contributed by atoms with Crippen molar-refractivity contribution in [3.8, 4) is 0 Å². The molecule has 2 aliphatic carbocycles. The lowest BCUT2D eigenvalue weighted by atomic mass is 9.83. The Morgan fingerprint density at radius 1 is 0.889 bits per heavy atom. The standard InChI is InChI=1S/C23H37N3O/c27-23(21-13-12-19-8-4-5-9-20(19)18-21)26-15-7-6-14-24-16-17-25-22-10-2-1-3-11-22/h4-5,8-9,21-22,24-25H,1-3,6-7,10-18H2,(H,26,27). The van der Waals surface area contributed by atoms with Gasteiger partial charge < -0.3 is 16.0 Å². The lowest BCUT2D eigenvalue weighted by Gasteiger charge is -2.23. The number of carbonyl (C=O) groups excluding carboxylic acids is 1. The summed E-state index contributed by atoms with van der Waals surface area (Å²) in [5.74, 6) is 0.401. The maximum absolute atomic E-state index is 12.4. The van der Waals surface area contributed by atoms with E-state index in [0.29, 0.717) is 0 Å². The van der Waals surface area contributed by atoms with Crippen LogP contribution in [0.5, 0.6) is 0 Å². The van der Waals surface area contributed by atoms with Crippen molar-refractivity contribution in [1.82, 2.24) is 16.0 Å². The summed E-state index contributed by atoms with van der Waals surface area (Å²) in [6, 6.07) is 9.29. The minimum absolute atomic E-state index is 0.156. The Labute approximate surface area is 164 Å². The van der Waals surface area contributed by atoms with Gasteiger partial charge in [0.1, 0.15) is 0 Å². The van der Waals surface area contributed by atoms with Crippen LogP contribution in [0.4, 0.5) is 0 Å². The Morgan fingerprint density at radius 3 is 2.52 bits per heavy atom. The molecule has 150 valence electrons. The summed E-state index contributed by atoms with van der Waals surface area (Å²) < 4.78 is 0. The number of hydrogen-bond donors (Lipinski definition) is 3. The summed E-state index contributed by atoms with van der Waals surface area (Å²) in [6.07, 6.45) is 12.0. The van der Waals surface area contributed by atoms with Gasteiger partial charge in [-0.2, -0.15) is 0 Å². The summed E-state index contributed by atoms with van der Waals surface area (Å²) in [4.78, 5) is 12.4. The number of nitrogens with one attached hydrogen (secondary N) is 3. The van der Waals surface area contributed by atoms with E-state index in [0.717, 1.165) is 64.3 Å². The summed E-state index contributed by atoms with van der Waals surface area (Å²) in [7, 11) is 0. The highest BCUT2D eigenvalue weighted by Crippen LogP contribution is 2.25. The molecule has 27 heavy (non-hydrogen) atoms. The van der Waals surface area contributed by atoms with Gasteiger partial charge in [0.15, 0.2) is 0 Å². The third kappa shape index (κ3) is 6.93. The first-order valence-corrected chi connectivity index (χ1v) is 11.1. The Bertz CT molecular complexity index is 568. The van der Waals surface area contributed by atoms with Gasteiger partial charge in [-0.15, -0.1) is 0 Å². The smallest absolute Gasteiger partial charge is 0.223 e. The van der Waals surface area contributed by atoms with Crippen molar-refractivity contribution in [2.24, 2.45) is 5.92 Å². The molecule has 1 atom stereocenters. The van der Waals surface area contributed by atoms with Crippen molar-refractivity contribution in [2.45, 2.75) is 70.3 Å². The monoisotopic (exact) mass is 371 g/mol. The molecule has 3 rings (SSSR count). The van der Waals surface area contributed by atoms with E-state index in [9.17, 15) is 4.79 Å². The van der Waals surface area contributed by atoms with Crippen molar-refractivity contribution in [1.29, 1.82) is 0 Å². The number of hydrogen-bond acceptors (Lipinski definition) is 3. The van der Waals surface area contributed by atoms with Crippen molar-refractivity contribution >= 4 is 5.91 Å². The number of unbranched alkanes of at least 4 members (excludes halogenated alkanes) is 1. The molecule has 2 aliphatic rings. The van der Waals surface area contributed by atoms with E-state index in [1.807, 2.05) is 0 Å². The number of benzene rings is 1. The minimum atomic E-state index is 0.156. The SMILES string of the molecule is O=C(NCCCCNCCNC1CCCCC1)C1CCc2ccccc2C1. The van der Waals surface area contributed by atoms with Crippen molar-refractivity contribution in [3.05, 3.63) is 35.4 Å². The van der Waals surface area contributed by atoms with Crippen LogP contribution >= 0.6 is 0 Å². The fourth-order valence-corrected chi connectivity index (χ4v) is 4.45. The Hall–Kier alpha value is -1.39. The van der Waals surface area contributed by atoms with E-state index < -0.39 is 0 Å². The molecule has 0 heterocycles. The minimum Gasteiger partial charge on any atom is -0.356 e. The van der Waals surface area contributed by atoms with Crippen LogP contribution < -0.4 is 16.0 Å². The van der Waals surface area contributed by atoms with Crippen LogP contribution in [0.15, 0.2) is 24.3 Å². The molecule has 1 fully saturated rings. The lowest BCUT2D eigenvalue weighted by molar-refractivity contribution is -0.125. The van der Waals surface area contributed by atoms with Gasteiger partial charge in [-0.05, 0) is 62.6 Å². The zero-order valence-electron chi connectivity index (χ0n) is 16.8. The molecule has 0 spiro atoms. The fourth-order valence-electron chi connectivity index (χ4n) is 4.45. The predicted octanol–water partition coefficient (Wildman–Crippen LogP) is 3.20. The molecule has 1 aromatic carbocycles. The summed E-state index contributed by atoms with van der Waals surface area (Å²) >= 11 is 0. The second-order valence-corrected chi connectivity index (χ2v) is 8.25. The molecule has 4 heteroatoms. The topological polar surface area (TPSA) is 53.2 Å². The Balaban J connectivity index is 1.17. The van der Waals surface area contributed by atoms with Crippen LogP contribution in [0.2, 0.25) is 0 Å². The molecule has 4 nitrogen and oxygen atoms in total. The average Bonchev–Trinajstić information content (AvgIpc) is 2.72. The molecule has 3 N–H and O–H groups in total. The quantitative estimate of drug-likeness (QED) is 0.554. The van der Waals surface area contributed by atoms with Crippen molar-refractivity contribution in [3.63, 3.8) is 0 Å². The van der Waals surface area contributed by atoms with Crippen LogP contribution in [0.25, 0.3) is 0 Å². The molecule has 0 aliphatic heterocycles. The molecule has 0 aromatic heterocycles. The number of rotatable bonds is 10. The van der Waals surface area contributed by atoms with Gasteiger partial charge >= 0.3 is 0 Å². The van der Waals surface area contributed by atoms with E-state index in [2.05, 4.69) is 40.2 Å². The lowest BCUT2D eigenvalue weighted by Crippen LogP contribution is -2.36. The van der Waals surface area contributed by atoms with Gasteiger partial charge in [0.2, 0.25) is 5.91 Å². The first kappa shape index (κ1) is 20.3. The third-order valence-corrected chi connectivity index (χ3v) is 6.14. The normalized spacial score (nSPS) is 20.2. The van der Waals surface area contributed by atoms with Crippen molar-refractivity contribution in [2.75, 3.05) is 26.2 Å². The molecular formula is C23H37N3O. The Morgan fingerprint density at radius 2 is 1.67 bits per heavy atom. The molecule has 1 aromatic rings. The van der Waals surface area contributed by atoms with Crippen LogP contribution in [-0.4, -0.2) is 38.1 Å². The summed E-state index contributed by atoms with van der Waals surface area (Å²) in [5, 5.41) is 10.3. The average molecular weight is 372 g/mol. The maximum atomic E-state index is 12.4. The fraction of sp³-hybridized carbons (Fsp3) is 0.696. The molecule has 0 radical (unpaired) electrons. The molecule has 0 saturated heterocycles. The zero-order valence-corrected chi connectivity index (χ0v) is 16.8. The highest BCUT2D eigenvalue weighted by molar-refractivity contribution is 5.79. The number of carbonyl (C=O) groups is 1. The van der Waals surface area contributed by atoms with Crippen LogP contribution in [0.1, 0.15) is 62.5 Å². The van der Waals surface area contributed by atoms with Crippen LogP contribution in [0.3, 0.4) is 0 Å². The zero-order chi connectivity index (χ0) is 18.7. The highest BCUT2D eigenvalue weighted by Gasteiger charge is 2.23. The van der Waals surface area contributed by atoms with Gasteiger partial charge in [0, 0.05) is 31.6 Å². The second kappa shape index (κ2) is 11.5. The van der Waals surface area contributed by atoms with E-state index in [1.165, 1.54) is 43.2 Å². The van der Waals surface area contributed by atoms with Gasteiger partial charge in [-0.25, -0.2) is 0 Å². The highest BCUT2D eigenvalue weighted by atomic mass is 16.1. The predicted molar refractivity (Wildman–Crippen MR) is 112 cm³/mol. The largest absolute Gasteiger partial charge is 0.356 e. The molecule has 1 unspecified atom stereocenters. The Kier molecular flexibility index (Phi) is 8.63. The first-order valence-electron chi connectivity index (χ1n) is 11.1. The maximum Gasteiger partial charge on any atom is 0.223 e. The van der Waals surface area contributed by atoms with Crippen LogP contribution in [0, 0.1) is 5.92 Å².